The van der Waals surface area contributed by atoms with Crippen molar-refractivity contribution in [2.45, 2.75) is 23.1 Å². The molecule has 41 heavy (non-hydrogen) atoms. The second-order valence-electron chi connectivity index (χ2n) is 8.87. The van der Waals surface area contributed by atoms with Crippen LogP contribution in [0.15, 0.2) is 94.5 Å². The van der Waals surface area contributed by atoms with Gasteiger partial charge in [0.15, 0.2) is 27.4 Å². The van der Waals surface area contributed by atoms with Gasteiger partial charge in [-0.1, -0.05) is 89.3 Å². The van der Waals surface area contributed by atoms with Crippen LogP contribution in [0.2, 0.25) is 5.02 Å². The summed E-state index contributed by atoms with van der Waals surface area (Å²) in [5.41, 5.74) is 2.16. The van der Waals surface area contributed by atoms with E-state index in [1.807, 2.05) is 54.6 Å². The fraction of sp³-hybridized carbons (Fsp3) is 0.133. The molecule has 8 nitrogen and oxygen atoms in total. The molecular weight excluding hydrogens is 582 g/mol. The van der Waals surface area contributed by atoms with E-state index in [0.29, 0.717) is 27.3 Å². The fourth-order valence-corrected chi connectivity index (χ4v) is 6.20. The van der Waals surface area contributed by atoms with E-state index >= 15 is 0 Å². The molecule has 11 heteroatoms. The number of allylic oxidation sites excluding steroid dienone is 1. The number of nitrogens with zero attached hydrogens (tertiary/aromatic N) is 3. The van der Waals surface area contributed by atoms with Gasteiger partial charge in [0, 0.05) is 10.8 Å². The number of anilines is 1. The zero-order valence-electron chi connectivity index (χ0n) is 21.7. The van der Waals surface area contributed by atoms with Gasteiger partial charge >= 0.3 is 0 Å². The minimum Gasteiger partial charge on any atom is -0.504 e. The fourth-order valence-electron chi connectivity index (χ4n) is 4.25. The maximum Gasteiger partial charge on any atom is 0.296 e. The molecule has 0 saturated carbocycles. The van der Waals surface area contributed by atoms with Gasteiger partial charge in [-0.25, -0.2) is 0 Å². The van der Waals surface area contributed by atoms with Crippen LogP contribution in [-0.2, 0) is 15.3 Å². The third kappa shape index (κ3) is 6.30. The van der Waals surface area contributed by atoms with Crippen LogP contribution in [0.3, 0.4) is 0 Å². The first-order valence-electron chi connectivity index (χ1n) is 12.6. The lowest BCUT2D eigenvalue weighted by atomic mass is 9.95. The van der Waals surface area contributed by atoms with Crippen molar-refractivity contribution < 1.29 is 24.5 Å². The zero-order valence-corrected chi connectivity index (χ0v) is 24.1. The molecule has 1 aliphatic rings. The monoisotopic (exact) mass is 605 g/mol. The van der Waals surface area contributed by atoms with Gasteiger partial charge in [-0.3, -0.25) is 14.5 Å². The molecule has 5 rings (SSSR count). The van der Waals surface area contributed by atoms with Crippen molar-refractivity contribution in [3.8, 4) is 11.5 Å². The molecule has 2 heterocycles. The van der Waals surface area contributed by atoms with Gasteiger partial charge in [-0.05, 0) is 54.0 Å². The summed E-state index contributed by atoms with van der Waals surface area (Å²) in [5, 5.41) is 30.6. The first-order valence-corrected chi connectivity index (χ1v) is 14.7. The van der Waals surface area contributed by atoms with Gasteiger partial charge in [-0.2, -0.15) is 0 Å². The van der Waals surface area contributed by atoms with Crippen LogP contribution in [0, 0.1) is 0 Å². The number of halogens is 1. The number of phenols is 1. The first kappa shape index (κ1) is 28.4. The van der Waals surface area contributed by atoms with Crippen LogP contribution in [0.5, 0.6) is 11.5 Å². The van der Waals surface area contributed by atoms with Crippen molar-refractivity contribution in [2.75, 3.05) is 11.5 Å². The summed E-state index contributed by atoms with van der Waals surface area (Å²) in [5.74, 6) is -1.28. The zero-order chi connectivity index (χ0) is 28.9. The van der Waals surface area contributed by atoms with Crippen LogP contribution in [0.4, 0.5) is 5.13 Å². The Morgan fingerprint density at radius 2 is 1.85 bits per heavy atom. The molecule has 4 aromatic rings. The predicted molar refractivity (Wildman–Crippen MR) is 161 cm³/mol. The average Bonchev–Trinajstić information content (AvgIpc) is 3.55. The summed E-state index contributed by atoms with van der Waals surface area (Å²) in [6.07, 6.45) is 2.94. The third-order valence-corrected chi connectivity index (χ3v) is 8.56. The minimum absolute atomic E-state index is 0.0895. The summed E-state index contributed by atoms with van der Waals surface area (Å²) < 4.78 is 6.15. The van der Waals surface area contributed by atoms with Crippen LogP contribution >= 0.6 is 34.7 Å². The molecule has 1 unspecified atom stereocenters. The number of aliphatic hydroxyl groups is 1. The number of hydrogen-bond donors (Lipinski definition) is 2. The highest BCUT2D eigenvalue weighted by molar-refractivity contribution is 8.00. The molecule has 1 aliphatic heterocycles. The summed E-state index contributed by atoms with van der Waals surface area (Å²) in [6, 6.07) is 20.2. The maximum absolute atomic E-state index is 13.5. The van der Waals surface area contributed by atoms with Crippen molar-refractivity contribution in [2.24, 2.45) is 0 Å². The molecule has 1 amide bonds. The van der Waals surface area contributed by atoms with Crippen LogP contribution in [0.1, 0.15) is 29.7 Å². The number of aliphatic hydroxyl groups excluding tert-OH is 1. The lowest BCUT2D eigenvalue weighted by Gasteiger charge is -2.24. The summed E-state index contributed by atoms with van der Waals surface area (Å²) >= 11 is 8.59. The number of benzene rings is 3. The molecule has 208 valence electrons. The van der Waals surface area contributed by atoms with E-state index in [2.05, 4.69) is 10.2 Å². The number of carbonyl (C=O) groups excluding carboxylic acids is 2. The maximum atomic E-state index is 13.5. The van der Waals surface area contributed by atoms with Gasteiger partial charge in [0.05, 0.1) is 18.2 Å². The Morgan fingerprint density at radius 3 is 2.59 bits per heavy atom. The Bertz CT molecular complexity index is 1640. The SMILES string of the molecule is CCOc1cc(C2C(C(=O)C=Cc3ccccc3)=C(O)C(=O)N2c2nnc(SCc3ccc(Cl)cc3)s2)ccc1O. The molecule has 3 aromatic carbocycles. The molecule has 0 bridgehead atoms. The van der Waals surface area contributed by atoms with Crippen molar-refractivity contribution in [1.29, 1.82) is 0 Å². The standard InChI is InChI=1S/C30H24ClN3O5S2/c1-2-39-24-16-20(11-15-22(24)35)26-25(23(36)14-10-18-6-4-3-5-7-18)27(37)28(38)34(26)29-32-33-30(41-29)40-17-19-8-12-21(31)13-9-19/h3-16,26,35,37H,2,17H2,1H3. The largest absolute Gasteiger partial charge is 0.504 e. The van der Waals surface area contributed by atoms with E-state index < -0.39 is 23.5 Å². The number of thioether (sulfide) groups is 1. The molecule has 0 saturated heterocycles. The molecule has 0 fully saturated rings. The van der Waals surface area contributed by atoms with E-state index in [1.165, 1.54) is 40.1 Å². The number of carbonyl (C=O) groups is 2. The van der Waals surface area contributed by atoms with E-state index in [9.17, 15) is 19.8 Å². The number of rotatable bonds is 10. The van der Waals surface area contributed by atoms with E-state index in [4.69, 9.17) is 16.3 Å². The van der Waals surface area contributed by atoms with Crippen LogP contribution in [0.25, 0.3) is 6.08 Å². The highest BCUT2D eigenvalue weighted by Crippen LogP contribution is 2.45. The summed E-state index contributed by atoms with van der Waals surface area (Å²) in [4.78, 5) is 28.2. The number of amides is 1. The summed E-state index contributed by atoms with van der Waals surface area (Å²) in [6.45, 7) is 2.07. The Balaban J connectivity index is 1.49. The number of aromatic hydroxyl groups is 1. The number of ether oxygens (including phenoxy) is 1. The van der Waals surface area contributed by atoms with Crippen LogP contribution < -0.4 is 9.64 Å². The molecule has 2 N–H and O–H groups in total. The normalized spacial score (nSPS) is 15.2. The number of hydrogen-bond acceptors (Lipinski definition) is 9. The van der Waals surface area contributed by atoms with E-state index in [0.717, 1.165) is 11.1 Å². The highest BCUT2D eigenvalue weighted by Gasteiger charge is 2.45. The van der Waals surface area contributed by atoms with Crippen molar-refractivity contribution in [3.05, 3.63) is 112 Å². The summed E-state index contributed by atoms with van der Waals surface area (Å²) in [7, 11) is 0. The van der Waals surface area contributed by atoms with Gasteiger partial charge < -0.3 is 14.9 Å². The number of phenolic OH excluding ortho intramolecular Hbond substituents is 1. The minimum atomic E-state index is -1.03. The number of aromatic nitrogens is 2. The Labute approximate surface area is 249 Å². The lowest BCUT2D eigenvalue weighted by molar-refractivity contribution is -0.117. The average molecular weight is 606 g/mol. The van der Waals surface area contributed by atoms with Crippen molar-refractivity contribution in [3.63, 3.8) is 0 Å². The molecule has 0 aliphatic carbocycles. The van der Waals surface area contributed by atoms with E-state index in [1.54, 1.807) is 25.1 Å². The second kappa shape index (κ2) is 12.6. The first-order chi connectivity index (χ1) is 19.9. The molecular formula is C30H24ClN3O5S2. The molecule has 0 radical (unpaired) electrons. The second-order valence-corrected chi connectivity index (χ2v) is 11.5. The van der Waals surface area contributed by atoms with E-state index in [-0.39, 0.29) is 22.2 Å². The highest BCUT2D eigenvalue weighted by atomic mass is 35.5. The van der Waals surface area contributed by atoms with Crippen molar-refractivity contribution >= 4 is 57.6 Å². The Morgan fingerprint density at radius 1 is 1.10 bits per heavy atom. The van der Waals surface area contributed by atoms with Crippen LogP contribution in [-0.4, -0.2) is 38.7 Å². The molecule has 1 aromatic heterocycles. The van der Waals surface area contributed by atoms with Crippen molar-refractivity contribution in [1.82, 2.24) is 10.2 Å². The smallest absolute Gasteiger partial charge is 0.296 e. The quantitative estimate of drug-likeness (QED) is 0.116. The third-order valence-electron chi connectivity index (χ3n) is 6.18. The lowest BCUT2D eigenvalue weighted by Crippen LogP contribution is -2.30. The predicted octanol–water partition coefficient (Wildman–Crippen LogP) is 6.77. The Kier molecular flexibility index (Phi) is 8.72. The molecule has 0 spiro atoms. The van der Waals surface area contributed by atoms with Gasteiger partial charge in [0.2, 0.25) is 5.13 Å². The van der Waals surface area contributed by atoms with Gasteiger partial charge in [0.25, 0.3) is 5.91 Å². The van der Waals surface area contributed by atoms with Gasteiger partial charge in [-0.15, -0.1) is 10.2 Å². The molecule has 1 atom stereocenters. The topological polar surface area (TPSA) is 113 Å². The Hall–Kier alpha value is -4.12. The number of ketones is 1. The van der Waals surface area contributed by atoms with Gasteiger partial charge in [0.1, 0.15) is 0 Å².